The molecule has 0 aliphatic rings. The molecule has 11 heavy (non-hydrogen) atoms. The Labute approximate surface area is 84.8 Å². The van der Waals surface area contributed by atoms with Crippen LogP contribution in [0.5, 0.6) is 5.75 Å². The molecule has 0 radical (unpaired) electrons. The second-order valence-corrected chi connectivity index (χ2v) is 3.61. The number of ether oxygens (including phenoxy) is 1. The van der Waals surface area contributed by atoms with Crippen molar-refractivity contribution in [2.75, 3.05) is 6.61 Å². The fourth-order valence-electron chi connectivity index (χ4n) is 0.748. The molecule has 1 rings (SSSR count). The van der Waals surface area contributed by atoms with Gasteiger partial charge in [0.05, 0.1) is 10.2 Å². The van der Waals surface area contributed by atoms with Crippen molar-refractivity contribution < 1.29 is 4.74 Å². The minimum absolute atomic E-state index is 0.692. The quantitative estimate of drug-likeness (QED) is 0.756. The Morgan fingerprint density at radius 2 is 2.27 bits per heavy atom. The summed E-state index contributed by atoms with van der Waals surface area (Å²) in [5.74, 6) is 0.900. The van der Waals surface area contributed by atoms with Crippen molar-refractivity contribution in [3.05, 3.63) is 26.8 Å². The first-order chi connectivity index (χ1) is 5.24. The molecule has 1 aromatic carbocycles. The molecule has 0 N–H and O–H groups in total. The number of rotatable bonds is 2. The lowest BCUT2D eigenvalue weighted by molar-refractivity contribution is 0.338. The molecule has 0 aromatic heterocycles. The summed E-state index contributed by atoms with van der Waals surface area (Å²) in [6.07, 6.45) is 0. The fraction of sp³-hybridized carbons (Fsp3) is 0.250. The third-order valence-corrected chi connectivity index (χ3v) is 2.27. The van der Waals surface area contributed by atoms with E-state index in [2.05, 4.69) is 22.6 Å². The van der Waals surface area contributed by atoms with Crippen molar-refractivity contribution in [1.82, 2.24) is 0 Å². The van der Waals surface area contributed by atoms with Crippen molar-refractivity contribution in [3.8, 4) is 5.75 Å². The maximum Gasteiger partial charge on any atom is 0.132 e. The summed E-state index contributed by atoms with van der Waals surface area (Å²) in [6.45, 7) is 2.66. The minimum atomic E-state index is 0.692. The van der Waals surface area contributed by atoms with Gasteiger partial charge in [0, 0.05) is 5.02 Å². The van der Waals surface area contributed by atoms with Crippen molar-refractivity contribution in [3.63, 3.8) is 0 Å². The van der Waals surface area contributed by atoms with Crippen LogP contribution < -0.4 is 4.74 Å². The van der Waals surface area contributed by atoms with Gasteiger partial charge in [-0.2, -0.15) is 0 Å². The van der Waals surface area contributed by atoms with Gasteiger partial charge in [0.25, 0.3) is 0 Å². The van der Waals surface area contributed by atoms with Crippen LogP contribution in [0.1, 0.15) is 6.92 Å². The molecule has 0 spiro atoms. The van der Waals surface area contributed by atoms with Crippen LogP contribution in [-0.4, -0.2) is 6.61 Å². The maximum absolute atomic E-state index is 5.76. The monoisotopic (exact) mass is 282 g/mol. The van der Waals surface area contributed by atoms with E-state index < -0.39 is 0 Å². The number of halogens is 2. The van der Waals surface area contributed by atoms with E-state index in [1.54, 1.807) is 0 Å². The topological polar surface area (TPSA) is 9.23 Å². The molecule has 3 heteroatoms. The van der Waals surface area contributed by atoms with Crippen molar-refractivity contribution in [1.29, 1.82) is 0 Å². The second-order valence-electron chi connectivity index (χ2n) is 2.01. The van der Waals surface area contributed by atoms with E-state index in [0.29, 0.717) is 6.61 Å². The lowest BCUT2D eigenvalue weighted by Gasteiger charge is -2.04. The van der Waals surface area contributed by atoms with Crippen LogP contribution in [-0.2, 0) is 0 Å². The highest BCUT2D eigenvalue weighted by atomic mass is 127. The molecule has 0 saturated carbocycles. The van der Waals surface area contributed by atoms with Gasteiger partial charge in [-0.05, 0) is 47.7 Å². The zero-order valence-corrected chi connectivity index (χ0v) is 9.02. The smallest absolute Gasteiger partial charge is 0.132 e. The minimum Gasteiger partial charge on any atom is -0.493 e. The highest BCUT2D eigenvalue weighted by Gasteiger charge is 1.99. The second kappa shape index (κ2) is 4.16. The van der Waals surface area contributed by atoms with Gasteiger partial charge >= 0.3 is 0 Å². The van der Waals surface area contributed by atoms with Gasteiger partial charge in [-0.3, -0.25) is 0 Å². The molecule has 0 aliphatic carbocycles. The summed E-state index contributed by atoms with van der Waals surface area (Å²) in [5, 5.41) is 0.748. The normalized spacial score (nSPS) is 9.73. The van der Waals surface area contributed by atoms with Crippen molar-refractivity contribution in [2.24, 2.45) is 0 Å². The predicted octanol–water partition coefficient (Wildman–Crippen LogP) is 3.34. The zero-order chi connectivity index (χ0) is 8.27. The van der Waals surface area contributed by atoms with Crippen LogP contribution in [0.2, 0.25) is 5.02 Å². The Bertz CT molecular complexity index is 250. The van der Waals surface area contributed by atoms with Gasteiger partial charge in [0.15, 0.2) is 0 Å². The molecular formula is C8H8ClIO. The first kappa shape index (κ1) is 9.13. The van der Waals surface area contributed by atoms with Crippen LogP contribution in [0, 0.1) is 3.57 Å². The van der Waals surface area contributed by atoms with E-state index in [4.69, 9.17) is 16.3 Å². The molecule has 0 aliphatic heterocycles. The maximum atomic E-state index is 5.76. The number of hydrogen-bond acceptors (Lipinski definition) is 1. The molecule has 0 heterocycles. The zero-order valence-electron chi connectivity index (χ0n) is 6.10. The Morgan fingerprint density at radius 1 is 1.55 bits per heavy atom. The first-order valence-corrected chi connectivity index (χ1v) is 4.77. The van der Waals surface area contributed by atoms with Gasteiger partial charge in [0.2, 0.25) is 0 Å². The van der Waals surface area contributed by atoms with E-state index in [1.165, 1.54) is 0 Å². The Morgan fingerprint density at radius 3 is 2.82 bits per heavy atom. The van der Waals surface area contributed by atoms with Gasteiger partial charge in [-0.1, -0.05) is 11.6 Å². The van der Waals surface area contributed by atoms with Gasteiger partial charge in [0.1, 0.15) is 5.75 Å². The van der Waals surface area contributed by atoms with E-state index >= 15 is 0 Å². The molecule has 1 aromatic rings. The molecule has 0 bridgehead atoms. The average Bonchev–Trinajstić information content (AvgIpc) is 1.95. The summed E-state index contributed by atoms with van der Waals surface area (Å²) in [7, 11) is 0. The Kier molecular flexibility index (Phi) is 3.45. The van der Waals surface area contributed by atoms with Crippen LogP contribution in [0.15, 0.2) is 18.2 Å². The summed E-state index contributed by atoms with van der Waals surface area (Å²) in [5.41, 5.74) is 0. The molecule has 0 fully saturated rings. The molecule has 0 amide bonds. The van der Waals surface area contributed by atoms with E-state index in [-0.39, 0.29) is 0 Å². The highest BCUT2D eigenvalue weighted by Crippen LogP contribution is 2.23. The standard InChI is InChI=1S/C8H8ClIO/c1-2-11-8-4-3-6(9)5-7(8)10/h3-5H,2H2,1H3. The largest absolute Gasteiger partial charge is 0.493 e. The number of benzene rings is 1. The predicted molar refractivity (Wildman–Crippen MR) is 55.3 cm³/mol. The van der Waals surface area contributed by atoms with Crippen molar-refractivity contribution in [2.45, 2.75) is 6.92 Å². The Hall–Kier alpha value is 0.0400. The fourth-order valence-corrected chi connectivity index (χ4v) is 1.77. The Balaban J connectivity index is 2.90. The lowest BCUT2D eigenvalue weighted by Crippen LogP contribution is -1.92. The van der Waals surface area contributed by atoms with Crippen molar-refractivity contribution >= 4 is 34.2 Å². The lowest BCUT2D eigenvalue weighted by atomic mass is 10.3. The van der Waals surface area contributed by atoms with Crippen LogP contribution >= 0.6 is 34.2 Å². The third kappa shape index (κ3) is 2.52. The number of hydrogen-bond donors (Lipinski definition) is 0. The van der Waals surface area contributed by atoms with Gasteiger partial charge < -0.3 is 4.74 Å². The molecule has 0 unspecified atom stereocenters. The molecule has 1 nitrogen and oxygen atoms in total. The SMILES string of the molecule is CCOc1ccc(Cl)cc1I. The summed E-state index contributed by atoms with van der Waals surface area (Å²) < 4.78 is 6.38. The molecule has 0 saturated heterocycles. The summed E-state index contributed by atoms with van der Waals surface area (Å²) in [4.78, 5) is 0. The van der Waals surface area contributed by atoms with Gasteiger partial charge in [-0.25, -0.2) is 0 Å². The summed E-state index contributed by atoms with van der Waals surface area (Å²) >= 11 is 7.96. The van der Waals surface area contributed by atoms with Crippen LogP contribution in [0.25, 0.3) is 0 Å². The highest BCUT2D eigenvalue weighted by molar-refractivity contribution is 14.1. The summed E-state index contributed by atoms with van der Waals surface area (Å²) in [6, 6.07) is 5.59. The van der Waals surface area contributed by atoms with Crippen LogP contribution in [0.4, 0.5) is 0 Å². The molecule has 0 atom stereocenters. The third-order valence-electron chi connectivity index (χ3n) is 1.19. The molecular weight excluding hydrogens is 274 g/mol. The van der Waals surface area contributed by atoms with E-state index in [9.17, 15) is 0 Å². The van der Waals surface area contributed by atoms with Gasteiger partial charge in [-0.15, -0.1) is 0 Å². The van der Waals surface area contributed by atoms with E-state index in [0.717, 1.165) is 14.3 Å². The molecule has 60 valence electrons. The van der Waals surface area contributed by atoms with Crippen LogP contribution in [0.3, 0.4) is 0 Å². The average molecular weight is 283 g/mol. The first-order valence-electron chi connectivity index (χ1n) is 3.32. The van der Waals surface area contributed by atoms with E-state index in [1.807, 2.05) is 25.1 Å².